The minimum Gasteiger partial charge on any atom is -0.319 e. The number of urea groups is 1. The molecule has 9 heteroatoms. The van der Waals surface area contributed by atoms with Crippen molar-refractivity contribution in [1.82, 2.24) is 10.2 Å². The van der Waals surface area contributed by atoms with Gasteiger partial charge in [-0.3, -0.25) is 14.5 Å². The van der Waals surface area contributed by atoms with E-state index in [1.54, 1.807) is 30.3 Å². The van der Waals surface area contributed by atoms with E-state index in [2.05, 4.69) is 5.32 Å². The number of benzene rings is 2. The van der Waals surface area contributed by atoms with Crippen LogP contribution in [0, 0.1) is 17.1 Å². The van der Waals surface area contributed by atoms with Crippen LogP contribution in [-0.2, 0) is 15.1 Å². The topological polar surface area (TPSA) is 93.5 Å². The van der Waals surface area contributed by atoms with Gasteiger partial charge in [-0.25, -0.2) is 9.18 Å². The Labute approximate surface area is 177 Å². The summed E-state index contributed by atoms with van der Waals surface area (Å²) >= 11 is 6.09. The van der Waals surface area contributed by atoms with E-state index in [1.807, 2.05) is 6.07 Å². The van der Waals surface area contributed by atoms with Gasteiger partial charge in [0.2, 0.25) is 5.91 Å². The van der Waals surface area contributed by atoms with Gasteiger partial charge in [-0.15, -0.1) is 0 Å². The molecule has 7 nitrogen and oxygen atoms in total. The van der Waals surface area contributed by atoms with Crippen molar-refractivity contribution in [2.75, 3.05) is 18.0 Å². The highest BCUT2D eigenvalue weighted by Gasteiger charge is 2.50. The van der Waals surface area contributed by atoms with Crippen LogP contribution in [0.1, 0.15) is 18.9 Å². The Balaban J connectivity index is 1.85. The number of amides is 4. The van der Waals surface area contributed by atoms with E-state index in [4.69, 9.17) is 16.9 Å². The van der Waals surface area contributed by atoms with Crippen LogP contribution in [0.2, 0.25) is 5.02 Å². The Morgan fingerprint density at radius 1 is 1.27 bits per heavy atom. The highest BCUT2D eigenvalue weighted by molar-refractivity contribution is 6.32. The Kier molecular flexibility index (Phi) is 6.04. The second-order valence-electron chi connectivity index (χ2n) is 6.86. The molecule has 1 aliphatic heterocycles. The Morgan fingerprint density at radius 3 is 2.60 bits per heavy atom. The van der Waals surface area contributed by atoms with Crippen LogP contribution in [0.4, 0.5) is 14.9 Å². The molecule has 30 heavy (non-hydrogen) atoms. The van der Waals surface area contributed by atoms with Crippen LogP contribution in [0.5, 0.6) is 0 Å². The van der Waals surface area contributed by atoms with Gasteiger partial charge in [0.15, 0.2) is 0 Å². The normalized spacial score (nSPS) is 18.1. The lowest BCUT2D eigenvalue weighted by molar-refractivity contribution is -0.134. The quantitative estimate of drug-likeness (QED) is 0.715. The predicted molar refractivity (Wildman–Crippen MR) is 108 cm³/mol. The van der Waals surface area contributed by atoms with E-state index in [0.29, 0.717) is 5.69 Å². The van der Waals surface area contributed by atoms with Gasteiger partial charge in [-0.2, -0.15) is 5.26 Å². The third-order valence-corrected chi connectivity index (χ3v) is 5.17. The summed E-state index contributed by atoms with van der Waals surface area (Å²) < 4.78 is 13.4. The summed E-state index contributed by atoms with van der Waals surface area (Å²) in [4.78, 5) is 40.6. The molecule has 3 rings (SSSR count). The van der Waals surface area contributed by atoms with Crippen LogP contribution in [0.25, 0.3) is 0 Å². The highest BCUT2D eigenvalue weighted by atomic mass is 35.5. The molecule has 0 spiro atoms. The van der Waals surface area contributed by atoms with Gasteiger partial charge in [-0.1, -0.05) is 35.9 Å². The lowest BCUT2D eigenvalue weighted by Crippen LogP contribution is -2.45. The molecule has 1 fully saturated rings. The summed E-state index contributed by atoms with van der Waals surface area (Å²) in [5.41, 5.74) is -0.760. The van der Waals surface area contributed by atoms with Crippen LogP contribution in [-0.4, -0.2) is 35.8 Å². The van der Waals surface area contributed by atoms with Gasteiger partial charge >= 0.3 is 6.03 Å². The number of carbonyl (C=O) groups excluding carboxylic acids is 3. The maximum Gasteiger partial charge on any atom is 0.325 e. The maximum absolute atomic E-state index is 13.4. The zero-order valence-corrected chi connectivity index (χ0v) is 16.8. The number of anilines is 1. The van der Waals surface area contributed by atoms with Crippen LogP contribution < -0.4 is 10.2 Å². The van der Waals surface area contributed by atoms with Crippen LogP contribution >= 0.6 is 11.6 Å². The molecular weight excluding hydrogens is 411 g/mol. The number of imide groups is 1. The average molecular weight is 429 g/mol. The molecule has 1 aliphatic rings. The molecule has 4 amide bonds. The summed E-state index contributed by atoms with van der Waals surface area (Å²) in [6, 6.07) is 13.4. The molecular formula is C21H18ClFN4O3. The minimum atomic E-state index is -1.54. The van der Waals surface area contributed by atoms with Crippen molar-refractivity contribution >= 4 is 35.1 Å². The molecule has 1 N–H and O–H groups in total. The molecule has 0 saturated carbocycles. The maximum atomic E-state index is 13.4. The summed E-state index contributed by atoms with van der Waals surface area (Å²) in [5.74, 6) is -1.77. The van der Waals surface area contributed by atoms with E-state index in [9.17, 15) is 18.8 Å². The van der Waals surface area contributed by atoms with Gasteiger partial charge in [0, 0.05) is 22.8 Å². The van der Waals surface area contributed by atoms with Gasteiger partial charge in [0.05, 0.1) is 12.5 Å². The van der Waals surface area contributed by atoms with Gasteiger partial charge in [-0.05, 0) is 31.2 Å². The van der Waals surface area contributed by atoms with Crippen molar-refractivity contribution in [3.05, 3.63) is 64.9 Å². The molecule has 2 aromatic rings. The lowest BCUT2D eigenvalue weighted by atomic mass is 9.92. The van der Waals surface area contributed by atoms with Gasteiger partial charge < -0.3 is 10.2 Å². The Morgan fingerprint density at radius 2 is 1.97 bits per heavy atom. The van der Waals surface area contributed by atoms with Crippen molar-refractivity contribution in [2.45, 2.75) is 18.9 Å². The van der Waals surface area contributed by atoms with E-state index in [-0.39, 0.29) is 23.6 Å². The van der Waals surface area contributed by atoms with Gasteiger partial charge in [0.25, 0.3) is 5.91 Å². The fourth-order valence-electron chi connectivity index (χ4n) is 3.31. The lowest BCUT2D eigenvalue weighted by Gasteiger charge is -2.25. The zero-order valence-electron chi connectivity index (χ0n) is 16.1. The first-order valence-corrected chi connectivity index (χ1v) is 9.47. The molecule has 1 heterocycles. The number of hydrogen-bond donors (Lipinski definition) is 1. The number of rotatable bonds is 6. The number of nitrogens with one attached hydrogen (secondary N) is 1. The SMILES string of the molecule is CC1(c2ccc(F)cc2Cl)NC(=O)N(CC(=O)N(CCC#N)c2ccccc2)C1=O. The van der Waals surface area contributed by atoms with E-state index in [0.717, 1.165) is 17.0 Å². The standard InChI is InChI=1S/C21H18ClFN4O3/c1-21(16-9-8-14(23)12-17(16)22)19(29)27(20(30)25-21)13-18(28)26(11-5-10-24)15-6-3-2-4-7-15/h2-4,6-9,12H,5,11,13H2,1H3,(H,25,30). The third-order valence-electron chi connectivity index (χ3n) is 4.85. The molecule has 1 saturated heterocycles. The van der Waals surface area contributed by atoms with Crippen LogP contribution in [0.15, 0.2) is 48.5 Å². The van der Waals surface area contributed by atoms with Crippen molar-refractivity contribution < 1.29 is 18.8 Å². The van der Waals surface area contributed by atoms with Crippen LogP contribution in [0.3, 0.4) is 0 Å². The molecule has 1 unspecified atom stereocenters. The number of hydrogen-bond acceptors (Lipinski definition) is 4. The molecule has 154 valence electrons. The van der Waals surface area contributed by atoms with Crippen molar-refractivity contribution in [3.63, 3.8) is 0 Å². The highest BCUT2D eigenvalue weighted by Crippen LogP contribution is 2.34. The van der Waals surface area contributed by atoms with Gasteiger partial charge in [0.1, 0.15) is 17.9 Å². The average Bonchev–Trinajstić information content (AvgIpc) is 2.92. The minimum absolute atomic E-state index is 0.0146. The van der Waals surface area contributed by atoms with Crippen molar-refractivity contribution in [1.29, 1.82) is 5.26 Å². The van der Waals surface area contributed by atoms with E-state index in [1.165, 1.54) is 17.9 Å². The van der Waals surface area contributed by atoms with E-state index < -0.39 is 35.7 Å². The molecule has 0 aliphatic carbocycles. The first kappa shape index (κ1) is 21.3. The predicted octanol–water partition coefficient (Wildman–Crippen LogP) is 3.19. The summed E-state index contributed by atoms with van der Waals surface area (Å²) in [5, 5.41) is 11.4. The summed E-state index contributed by atoms with van der Waals surface area (Å²) in [6.07, 6.45) is 0.0870. The fourth-order valence-corrected chi connectivity index (χ4v) is 3.66. The first-order chi connectivity index (χ1) is 14.3. The third kappa shape index (κ3) is 3.98. The largest absolute Gasteiger partial charge is 0.325 e. The molecule has 2 aromatic carbocycles. The Bertz CT molecular complexity index is 1040. The second kappa shape index (κ2) is 8.51. The number of carbonyl (C=O) groups is 3. The zero-order chi connectivity index (χ0) is 21.9. The first-order valence-electron chi connectivity index (χ1n) is 9.10. The number of para-hydroxylation sites is 1. The van der Waals surface area contributed by atoms with E-state index >= 15 is 0 Å². The smallest absolute Gasteiger partial charge is 0.319 e. The number of nitriles is 1. The molecule has 1 atom stereocenters. The monoisotopic (exact) mass is 428 g/mol. The summed E-state index contributed by atoms with van der Waals surface area (Å²) in [7, 11) is 0. The number of halogens is 2. The Hall–Kier alpha value is -3.44. The number of nitrogens with zero attached hydrogens (tertiary/aromatic N) is 3. The summed E-state index contributed by atoms with van der Waals surface area (Å²) in [6.45, 7) is 1.05. The van der Waals surface area contributed by atoms with Crippen molar-refractivity contribution in [2.24, 2.45) is 0 Å². The van der Waals surface area contributed by atoms with Crippen molar-refractivity contribution in [3.8, 4) is 6.07 Å². The molecule has 0 bridgehead atoms. The molecule has 0 radical (unpaired) electrons. The second-order valence-corrected chi connectivity index (χ2v) is 7.27. The molecule has 0 aromatic heterocycles. The fraction of sp³-hybridized carbons (Fsp3) is 0.238.